The molecule has 1 amide bonds. The largest absolute Gasteiger partial charge is 0.465 e. The van der Waals surface area contributed by atoms with E-state index in [1.54, 1.807) is 13.0 Å². The minimum atomic E-state index is -0.428. The molecule has 0 atom stereocenters. The van der Waals surface area contributed by atoms with Crippen LogP contribution in [0, 0.1) is 13.8 Å². The number of allylic oxidation sites excluding steroid dienone is 1. The van der Waals surface area contributed by atoms with Crippen molar-refractivity contribution in [3.63, 3.8) is 0 Å². The molecule has 1 heterocycles. The monoisotopic (exact) mass is 253 g/mol. The number of carbonyl (C=O) groups excluding carboxylic acids is 2. The van der Waals surface area contributed by atoms with Crippen molar-refractivity contribution in [2.45, 2.75) is 20.8 Å². The van der Waals surface area contributed by atoms with Crippen molar-refractivity contribution in [3.8, 4) is 0 Å². The molecule has 1 N–H and O–H groups in total. The molecule has 92 valence electrons. The van der Waals surface area contributed by atoms with Gasteiger partial charge < -0.3 is 10.1 Å². The van der Waals surface area contributed by atoms with Crippen LogP contribution in [0.2, 0.25) is 0 Å². The zero-order chi connectivity index (χ0) is 13.0. The van der Waals surface area contributed by atoms with Gasteiger partial charge in [0.25, 0.3) is 0 Å². The van der Waals surface area contributed by atoms with Crippen LogP contribution in [0.25, 0.3) is 0 Å². The molecular formula is C12H15NO3S. The molecule has 0 fully saturated rings. The maximum Gasteiger partial charge on any atom is 0.341 e. The van der Waals surface area contributed by atoms with E-state index in [9.17, 15) is 9.59 Å². The van der Waals surface area contributed by atoms with Crippen LogP contribution < -0.4 is 5.32 Å². The molecule has 0 bridgehead atoms. The number of hydrogen-bond acceptors (Lipinski definition) is 4. The smallest absolute Gasteiger partial charge is 0.341 e. The molecule has 0 radical (unpaired) electrons. The van der Waals surface area contributed by atoms with Gasteiger partial charge in [0, 0.05) is 4.88 Å². The molecule has 0 saturated heterocycles. The Morgan fingerprint density at radius 3 is 2.53 bits per heavy atom. The van der Waals surface area contributed by atoms with Crippen LogP contribution in [0.4, 0.5) is 5.00 Å². The van der Waals surface area contributed by atoms with Crippen LogP contribution in [-0.4, -0.2) is 19.0 Å². The highest BCUT2D eigenvalue weighted by atomic mass is 32.1. The number of thiophene rings is 1. The van der Waals surface area contributed by atoms with E-state index in [1.165, 1.54) is 24.5 Å². The van der Waals surface area contributed by atoms with Crippen molar-refractivity contribution in [1.82, 2.24) is 0 Å². The first kappa shape index (κ1) is 13.4. The molecule has 17 heavy (non-hydrogen) atoms. The lowest BCUT2D eigenvalue weighted by Gasteiger charge is -2.03. The number of ether oxygens (including phenoxy) is 1. The van der Waals surface area contributed by atoms with E-state index >= 15 is 0 Å². The van der Waals surface area contributed by atoms with E-state index in [4.69, 9.17) is 4.74 Å². The van der Waals surface area contributed by atoms with Crippen LogP contribution in [-0.2, 0) is 9.53 Å². The zero-order valence-electron chi connectivity index (χ0n) is 10.3. The standard InChI is InChI=1S/C12H15NO3S/c1-5-6-9(14)13-11-10(12(15)16-4)7(2)8(3)17-11/h5-6H,1-4H3,(H,13,14)/b6-5-. The van der Waals surface area contributed by atoms with Crippen molar-refractivity contribution < 1.29 is 14.3 Å². The summed E-state index contributed by atoms with van der Waals surface area (Å²) in [5, 5.41) is 3.22. The first-order valence-corrected chi connectivity index (χ1v) is 5.94. The highest BCUT2D eigenvalue weighted by molar-refractivity contribution is 7.16. The minimum Gasteiger partial charge on any atom is -0.465 e. The Bertz CT molecular complexity index is 474. The van der Waals surface area contributed by atoms with Crippen LogP contribution in [0.1, 0.15) is 27.7 Å². The average Bonchev–Trinajstić information content (AvgIpc) is 2.54. The average molecular weight is 253 g/mol. The lowest BCUT2D eigenvalue weighted by molar-refractivity contribution is -0.111. The van der Waals surface area contributed by atoms with Gasteiger partial charge in [0.15, 0.2) is 0 Å². The third kappa shape index (κ3) is 2.94. The van der Waals surface area contributed by atoms with E-state index in [2.05, 4.69) is 5.32 Å². The van der Waals surface area contributed by atoms with Crippen molar-refractivity contribution in [3.05, 3.63) is 28.2 Å². The number of anilines is 1. The van der Waals surface area contributed by atoms with Crippen LogP contribution in [0.15, 0.2) is 12.2 Å². The Morgan fingerprint density at radius 2 is 2.00 bits per heavy atom. The number of carbonyl (C=O) groups is 2. The molecular weight excluding hydrogens is 238 g/mol. The fraction of sp³-hybridized carbons (Fsp3) is 0.333. The number of methoxy groups -OCH3 is 1. The second-order valence-electron chi connectivity index (χ2n) is 3.47. The van der Waals surface area contributed by atoms with Crippen LogP contribution in [0.3, 0.4) is 0 Å². The zero-order valence-corrected chi connectivity index (χ0v) is 11.1. The Balaban J connectivity index is 3.11. The van der Waals surface area contributed by atoms with Gasteiger partial charge in [-0.2, -0.15) is 0 Å². The SMILES string of the molecule is C/C=C\C(=O)Nc1sc(C)c(C)c1C(=O)OC. The predicted molar refractivity (Wildman–Crippen MR) is 68.6 cm³/mol. The molecule has 5 heteroatoms. The molecule has 0 aromatic carbocycles. The van der Waals surface area contributed by atoms with E-state index in [-0.39, 0.29) is 5.91 Å². The molecule has 0 aliphatic rings. The summed E-state index contributed by atoms with van der Waals surface area (Å²) < 4.78 is 4.71. The van der Waals surface area contributed by atoms with Gasteiger partial charge in [-0.1, -0.05) is 6.08 Å². The summed E-state index contributed by atoms with van der Waals surface area (Å²) in [6, 6.07) is 0. The van der Waals surface area contributed by atoms with Crippen molar-refractivity contribution in [2.24, 2.45) is 0 Å². The van der Waals surface area contributed by atoms with E-state index in [0.717, 1.165) is 10.4 Å². The number of nitrogens with one attached hydrogen (secondary N) is 1. The number of esters is 1. The molecule has 0 unspecified atom stereocenters. The third-order valence-electron chi connectivity index (χ3n) is 2.33. The molecule has 1 rings (SSSR count). The normalized spacial score (nSPS) is 10.6. The number of rotatable bonds is 3. The van der Waals surface area contributed by atoms with Crippen molar-refractivity contribution in [2.75, 3.05) is 12.4 Å². The quantitative estimate of drug-likeness (QED) is 0.665. The third-order valence-corrected chi connectivity index (χ3v) is 3.45. The van der Waals surface area contributed by atoms with Gasteiger partial charge in [-0.3, -0.25) is 4.79 Å². The first-order chi connectivity index (χ1) is 8.01. The van der Waals surface area contributed by atoms with E-state index < -0.39 is 5.97 Å². The maximum atomic E-state index is 11.6. The summed E-state index contributed by atoms with van der Waals surface area (Å²) in [6.07, 6.45) is 3.05. The van der Waals surface area contributed by atoms with Gasteiger partial charge in [-0.25, -0.2) is 4.79 Å². The Hall–Kier alpha value is -1.62. The highest BCUT2D eigenvalue weighted by Crippen LogP contribution is 2.32. The van der Waals surface area contributed by atoms with Gasteiger partial charge >= 0.3 is 5.97 Å². The van der Waals surface area contributed by atoms with Crippen LogP contribution in [0.5, 0.6) is 0 Å². The summed E-state index contributed by atoms with van der Waals surface area (Å²) in [7, 11) is 1.33. The second-order valence-corrected chi connectivity index (χ2v) is 4.69. The van der Waals surface area contributed by atoms with Gasteiger partial charge in [0.2, 0.25) is 5.91 Å². The summed E-state index contributed by atoms with van der Waals surface area (Å²) in [6.45, 7) is 5.49. The Kier molecular flexibility index (Phi) is 4.45. The second kappa shape index (κ2) is 5.63. The van der Waals surface area contributed by atoms with Gasteiger partial charge in [-0.05, 0) is 32.4 Å². The molecule has 1 aromatic rings. The van der Waals surface area contributed by atoms with Crippen molar-refractivity contribution >= 4 is 28.2 Å². The fourth-order valence-electron chi connectivity index (χ4n) is 1.37. The summed E-state index contributed by atoms with van der Waals surface area (Å²) >= 11 is 1.37. The summed E-state index contributed by atoms with van der Waals surface area (Å²) in [5.74, 6) is -0.679. The molecule has 0 spiro atoms. The fourth-order valence-corrected chi connectivity index (χ4v) is 2.42. The molecule has 0 aliphatic heterocycles. The molecule has 4 nitrogen and oxygen atoms in total. The molecule has 0 aliphatic carbocycles. The van der Waals surface area contributed by atoms with Crippen molar-refractivity contribution in [1.29, 1.82) is 0 Å². The lowest BCUT2D eigenvalue weighted by atomic mass is 10.1. The minimum absolute atomic E-state index is 0.251. The van der Waals surface area contributed by atoms with Gasteiger partial charge in [0.05, 0.1) is 12.7 Å². The first-order valence-electron chi connectivity index (χ1n) is 5.13. The maximum absolute atomic E-state index is 11.6. The lowest BCUT2D eigenvalue weighted by Crippen LogP contribution is -2.11. The predicted octanol–water partition coefficient (Wildman–Crippen LogP) is 2.67. The number of amides is 1. The summed E-state index contributed by atoms with van der Waals surface area (Å²) in [4.78, 5) is 24.1. The highest BCUT2D eigenvalue weighted by Gasteiger charge is 2.20. The molecule has 0 saturated carbocycles. The number of hydrogen-bond donors (Lipinski definition) is 1. The topological polar surface area (TPSA) is 55.4 Å². The van der Waals surface area contributed by atoms with Crippen LogP contribution >= 0.6 is 11.3 Å². The Morgan fingerprint density at radius 1 is 1.35 bits per heavy atom. The summed E-state index contributed by atoms with van der Waals surface area (Å²) in [5.41, 5.74) is 1.28. The van der Waals surface area contributed by atoms with Gasteiger partial charge in [0.1, 0.15) is 5.00 Å². The van der Waals surface area contributed by atoms with E-state index in [0.29, 0.717) is 10.6 Å². The van der Waals surface area contributed by atoms with E-state index in [1.807, 2.05) is 13.8 Å². The Labute approximate surface area is 104 Å². The van der Waals surface area contributed by atoms with Gasteiger partial charge in [-0.15, -0.1) is 11.3 Å². The number of aryl methyl sites for hydroxylation is 1. The molecule has 1 aromatic heterocycles.